The van der Waals surface area contributed by atoms with Crippen molar-refractivity contribution < 1.29 is 0 Å². The van der Waals surface area contributed by atoms with Crippen LogP contribution in [0.4, 0.5) is 0 Å². The SMILES string of the molecule is CNCc1cccc2nc(C)c(Br)n12. The molecule has 0 saturated heterocycles. The minimum atomic E-state index is 0.839. The van der Waals surface area contributed by atoms with Crippen molar-refractivity contribution in [1.29, 1.82) is 0 Å². The zero-order valence-electron chi connectivity index (χ0n) is 8.21. The van der Waals surface area contributed by atoms with Crippen LogP contribution < -0.4 is 5.32 Å². The topological polar surface area (TPSA) is 29.3 Å². The fourth-order valence-electron chi connectivity index (χ4n) is 1.55. The molecular formula is C10H12BrN3. The van der Waals surface area contributed by atoms with Crippen LogP contribution >= 0.6 is 15.9 Å². The number of hydrogen-bond donors (Lipinski definition) is 1. The van der Waals surface area contributed by atoms with Crippen LogP contribution in [0.15, 0.2) is 22.8 Å². The van der Waals surface area contributed by atoms with Crippen LogP contribution in [-0.2, 0) is 6.54 Å². The van der Waals surface area contributed by atoms with Crippen molar-refractivity contribution in [3.8, 4) is 0 Å². The van der Waals surface area contributed by atoms with E-state index >= 15 is 0 Å². The molecule has 0 saturated carbocycles. The predicted octanol–water partition coefficient (Wildman–Crippen LogP) is 2.12. The zero-order chi connectivity index (χ0) is 10.1. The predicted molar refractivity (Wildman–Crippen MR) is 60.4 cm³/mol. The lowest BCUT2D eigenvalue weighted by atomic mass is 10.3. The van der Waals surface area contributed by atoms with Gasteiger partial charge in [-0.25, -0.2) is 4.98 Å². The highest BCUT2D eigenvalue weighted by molar-refractivity contribution is 9.10. The number of aryl methyl sites for hydroxylation is 1. The molecule has 0 aliphatic heterocycles. The van der Waals surface area contributed by atoms with Gasteiger partial charge in [0.1, 0.15) is 10.3 Å². The summed E-state index contributed by atoms with van der Waals surface area (Å²) in [4.78, 5) is 4.44. The van der Waals surface area contributed by atoms with Crippen molar-refractivity contribution in [1.82, 2.24) is 14.7 Å². The number of aromatic nitrogens is 2. The number of halogens is 1. The molecule has 2 heterocycles. The molecule has 0 atom stereocenters. The van der Waals surface area contributed by atoms with E-state index in [0.29, 0.717) is 0 Å². The van der Waals surface area contributed by atoms with Gasteiger partial charge in [-0.2, -0.15) is 0 Å². The highest BCUT2D eigenvalue weighted by Crippen LogP contribution is 2.20. The van der Waals surface area contributed by atoms with E-state index in [-0.39, 0.29) is 0 Å². The van der Waals surface area contributed by atoms with E-state index in [4.69, 9.17) is 0 Å². The van der Waals surface area contributed by atoms with Gasteiger partial charge in [-0.15, -0.1) is 0 Å². The fraction of sp³-hybridized carbons (Fsp3) is 0.300. The molecule has 14 heavy (non-hydrogen) atoms. The molecule has 74 valence electrons. The van der Waals surface area contributed by atoms with Gasteiger partial charge in [0.25, 0.3) is 0 Å². The van der Waals surface area contributed by atoms with Gasteiger partial charge >= 0.3 is 0 Å². The molecule has 0 fully saturated rings. The number of rotatable bonds is 2. The molecule has 0 radical (unpaired) electrons. The van der Waals surface area contributed by atoms with Gasteiger partial charge in [0.2, 0.25) is 0 Å². The minimum absolute atomic E-state index is 0.839. The Labute approximate surface area is 91.3 Å². The van der Waals surface area contributed by atoms with Gasteiger partial charge in [-0.1, -0.05) is 6.07 Å². The maximum Gasteiger partial charge on any atom is 0.138 e. The Morgan fingerprint density at radius 3 is 3.00 bits per heavy atom. The molecule has 0 aromatic carbocycles. The van der Waals surface area contributed by atoms with Crippen molar-refractivity contribution in [2.24, 2.45) is 0 Å². The van der Waals surface area contributed by atoms with Crippen molar-refractivity contribution in [2.45, 2.75) is 13.5 Å². The van der Waals surface area contributed by atoms with Crippen LogP contribution in [0.2, 0.25) is 0 Å². The summed E-state index contributed by atoms with van der Waals surface area (Å²) < 4.78 is 3.16. The summed E-state index contributed by atoms with van der Waals surface area (Å²) in [7, 11) is 1.94. The van der Waals surface area contributed by atoms with E-state index in [1.807, 2.05) is 26.1 Å². The van der Waals surface area contributed by atoms with E-state index in [1.54, 1.807) is 0 Å². The van der Waals surface area contributed by atoms with E-state index < -0.39 is 0 Å². The molecule has 4 heteroatoms. The summed E-state index contributed by atoms with van der Waals surface area (Å²) in [5.41, 5.74) is 3.22. The van der Waals surface area contributed by atoms with Crippen molar-refractivity contribution in [3.05, 3.63) is 34.2 Å². The molecule has 0 aliphatic rings. The second kappa shape index (κ2) is 3.71. The largest absolute Gasteiger partial charge is 0.314 e. The first kappa shape index (κ1) is 9.68. The van der Waals surface area contributed by atoms with Gasteiger partial charge in [0.05, 0.1) is 5.69 Å². The van der Waals surface area contributed by atoms with Gasteiger partial charge in [-0.05, 0) is 42.0 Å². The van der Waals surface area contributed by atoms with Crippen molar-refractivity contribution in [2.75, 3.05) is 7.05 Å². The number of pyridine rings is 1. The van der Waals surface area contributed by atoms with E-state index in [9.17, 15) is 0 Å². The summed E-state index contributed by atoms with van der Waals surface area (Å²) in [6.45, 7) is 2.84. The summed E-state index contributed by atoms with van der Waals surface area (Å²) in [6, 6.07) is 6.13. The Bertz CT molecular complexity index is 462. The second-order valence-electron chi connectivity index (χ2n) is 3.23. The fourth-order valence-corrected chi connectivity index (χ4v) is 2.05. The number of nitrogens with zero attached hydrogens (tertiary/aromatic N) is 2. The molecular weight excluding hydrogens is 242 g/mol. The van der Waals surface area contributed by atoms with E-state index in [1.165, 1.54) is 5.69 Å². The van der Waals surface area contributed by atoms with Crippen LogP contribution in [0, 0.1) is 6.92 Å². The van der Waals surface area contributed by atoms with Gasteiger partial charge < -0.3 is 5.32 Å². The second-order valence-corrected chi connectivity index (χ2v) is 3.98. The number of fused-ring (bicyclic) bond motifs is 1. The monoisotopic (exact) mass is 253 g/mol. The zero-order valence-corrected chi connectivity index (χ0v) is 9.80. The summed E-state index contributed by atoms with van der Waals surface area (Å²) in [5.74, 6) is 0. The lowest BCUT2D eigenvalue weighted by molar-refractivity contribution is 0.774. The van der Waals surface area contributed by atoms with Crippen LogP contribution in [0.25, 0.3) is 5.65 Å². The molecule has 0 aliphatic carbocycles. The smallest absolute Gasteiger partial charge is 0.138 e. The molecule has 0 spiro atoms. The highest BCUT2D eigenvalue weighted by Gasteiger charge is 2.07. The summed E-state index contributed by atoms with van der Waals surface area (Å²) >= 11 is 3.54. The standard InChI is InChI=1S/C10H12BrN3/c1-7-10(11)14-8(6-12-2)4-3-5-9(14)13-7/h3-5,12H,6H2,1-2H3. The number of hydrogen-bond acceptors (Lipinski definition) is 2. The number of imidazole rings is 1. The van der Waals surface area contributed by atoms with Gasteiger partial charge in [-0.3, -0.25) is 4.40 Å². The third-order valence-electron chi connectivity index (χ3n) is 2.19. The van der Waals surface area contributed by atoms with Crippen LogP contribution in [0.5, 0.6) is 0 Å². The highest BCUT2D eigenvalue weighted by atomic mass is 79.9. The van der Waals surface area contributed by atoms with Crippen LogP contribution in [-0.4, -0.2) is 16.4 Å². The third-order valence-corrected chi connectivity index (χ3v) is 3.11. The minimum Gasteiger partial charge on any atom is -0.314 e. The first-order valence-corrected chi connectivity index (χ1v) is 5.30. The molecule has 2 aromatic rings. The Kier molecular flexibility index (Phi) is 2.56. The van der Waals surface area contributed by atoms with E-state index in [0.717, 1.165) is 22.5 Å². The van der Waals surface area contributed by atoms with Crippen LogP contribution in [0.1, 0.15) is 11.4 Å². The van der Waals surface area contributed by atoms with Crippen LogP contribution in [0.3, 0.4) is 0 Å². The lowest BCUT2D eigenvalue weighted by Gasteiger charge is -2.05. The maximum absolute atomic E-state index is 4.44. The molecule has 2 aromatic heterocycles. The average molecular weight is 254 g/mol. The Hall–Kier alpha value is -0.870. The Morgan fingerprint density at radius 1 is 1.50 bits per heavy atom. The lowest BCUT2D eigenvalue weighted by Crippen LogP contribution is -2.09. The van der Waals surface area contributed by atoms with Gasteiger partial charge in [0, 0.05) is 12.2 Å². The first-order valence-electron chi connectivity index (χ1n) is 4.51. The first-order chi connectivity index (χ1) is 6.74. The Morgan fingerprint density at radius 2 is 2.29 bits per heavy atom. The van der Waals surface area contributed by atoms with Crippen molar-refractivity contribution in [3.63, 3.8) is 0 Å². The molecule has 0 amide bonds. The molecule has 2 rings (SSSR count). The summed E-state index contributed by atoms with van der Waals surface area (Å²) in [5, 5.41) is 3.14. The average Bonchev–Trinajstić information content (AvgIpc) is 2.45. The van der Waals surface area contributed by atoms with Gasteiger partial charge in [0.15, 0.2) is 0 Å². The van der Waals surface area contributed by atoms with E-state index in [2.05, 4.69) is 36.7 Å². The number of nitrogens with one attached hydrogen (secondary N) is 1. The normalized spacial score (nSPS) is 11.1. The third kappa shape index (κ3) is 1.44. The van der Waals surface area contributed by atoms with Crippen molar-refractivity contribution >= 4 is 21.6 Å². The maximum atomic E-state index is 4.44. The molecule has 1 N–H and O–H groups in total. The molecule has 0 unspecified atom stereocenters. The Balaban J connectivity index is 2.71. The summed E-state index contributed by atoms with van der Waals surface area (Å²) in [6.07, 6.45) is 0. The quantitative estimate of drug-likeness (QED) is 0.889. The molecule has 3 nitrogen and oxygen atoms in total. The molecule has 0 bridgehead atoms.